The molecule has 0 unspecified atom stereocenters. The zero-order chi connectivity index (χ0) is 69.8. The largest absolute Gasteiger partial charge is 0.309 e. The molecule has 22 rings (SSSR count). The smallest absolute Gasteiger partial charge is 0.0541 e. The van der Waals surface area contributed by atoms with Crippen LogP contribution in [0.1, 0.15) is 0 Å². The van der Waals surface area contributed by atoms with Crippen molar-refractivity contribution in [2.24, 2.45) is 0 Å². The van der Waals surface area contributed by atoms with Gasteiger partial charge in [-0.1, -0.05) is 352 Å². The van der Waals surface area contributed by atoms with Crippen LogP contribution in [-0.2, 0) is 0 Å². The van der Waals surface area contributed by atoms with Gasteiger partial charge in [-0.25, -0.2) is 0 Å². The van der Waals surface area contributed by atoms with Crippen LogP contribution in [0.3, 0.4) is 0 Å². The molecule has 0 saturated carbocycles. The Labute approximate surface area is 613 Å². The van der Waals surface area contributed by atoms with Crippen LogP contribution in [-0.4, -0.2) is 9.13 Å². The summed E-state index contributed by atoms with van der Waals surface area (Å²) in [4.78, 5) is 0. The number of hydrogen-bond acceptors (Lipinski definition) is 0. The molecule has 492 valence electrons. The number of rotatable bonds is 8. The highest BCUT2D eigenvalue weighted by atomic mass is 15.0. The van der Waals surface area contributed by atoms with Crippen LogP contribution < -0.4 is 0 Å². The minimum absolute atomic E-state index is 1.19. The van der Waals surface area contributed by atoms with Gasteiger partial charge in [0, 0.05) is 32.3 Å². The highest BCUT2D eigenvalue weighted by molar-refractivity contribution is 6.19. The van der Waals surface area contributed by atoms with E-state index >= 15 is 0 Å². The van der Waals surface area contributed by atoms with Gasteiger partial charge in [-0.2, -0.15) is 0 Å². The fraction of sp³-hybridized carbons (Fsp3) is 0. The molecule has 0 aliphatic carbocycles. The highest BCUT2D eigenvalue weighted by Gasteiger charge is 2.22. The predicted octanol–water partition coefficient (Wildman–Crippen LogP) is 28.8. The van der Waals surface area contributed by atoms with Crippen LogP contribution in [0.5, 0.6) is 0 Å². The van der Waals surface area contributed by atoms with Crippen molar-refractivity contribution in [2.75, 3.05) is 0 Å². The Bertz CT molecular complexity index is 6850. The lowest BCUT2D eigenvalue weighted by atomic mass is 9.86. The number of benzene rings is 20. The summed E-state index contributed by atoms with van der Waals surface area (Å²) in [6.45, 7) is 0. The van der Waals surface area contributed by atoms with E-state index < -0.39 is 0 Å². The summed E-state index contributed by atoms with van der Waals surface area (Å²) in [6.07, 6.45) is 0. The Morgan fingerprint density at radius 3 is 0.660 bits per heavy atom. The third kappa shape index (κ3) is 9.80. The zero-order valence-electron chi connectivity index (χ0n) is 58.0. The molecule has 22 aromatic rings. The van der Waals surface area contributed by atoms with Gasteiger partial charge in [0.15, 0.2) is 0 Å². The van der Waals surface area contributed by atoms with E-state index in [1.54, 1.807) is 0 Å². The van der Waals surface area contributed by atoms with Crippen LogP contribution in [0.4, 0.5) is 0 Å². The molecule has 106 heavy (non-hydrogen) atoms. The SMILES string of the molecule is c1ccc2c(-c3ccc(-n4c5ccccc5c5ccccc54)c4ccccc34)ccc(-c3ccc(-c4ccc(-n5c6ccccc6c6ccccc65)c5ccccc45)c4ccccc34)c2c1.c1ccc2cc(-c3cccc4c(-c5ccc(-c6ccc7ccccc7c6)c6ccccc56)cccc34)ccc2c1. The van der Waals surface area contributed by atoms with Gasteiger partial charge in [0.2, 0.25) is 0 Å². The molecule has 0 bridgehead atoms. The molecule has 20 aromatic carbocycles. The van der Waals surface area contributed by atoms with Crippen LogP contribution in [0.25, 0.3) is 208 Å². The molecule has 2 aromatic heterocycles. The first-order valence-corrected chi connectivity index (χ1v) is 36.7. The van der Waals surface area contributed by atoms with Crippen molar-refractivity contribution in [3.05, 3.63) is 400 Å². The molecule has 0 amide bonds. The molecule has 2 heteroatoms. The van der Waals surface area contributed by atoms with Crippen molar-refractivity contribution in [3.8, 4) is 78.1 Å². The predicted molar refractivity (Wildman–Crippen MR) is 454 cm³/mol. The minimum atomic E-state index is 1.19. The summed E-state index contributed by atoms with van der Waals surface area (Å²) in [6, 6.07) is 147. The topological polar surface area (TPSA) is 9.86 Å². The van der Waals surface area contributed by atoms with Gasteiger partial charge in [-0.15, -0.1) is 0 Å². The standard InChI is InChI=1S/C64H40N2.C40H26/c1-3-19-43-41(17-1)47(33-35-49(43)51-37-39-63(53-23-7-5-21-45(51)53)65-59-29-13-9-25-55(59)56-26-10-14-30-60(56)65)48-34-36-50(44-20-4-2-18-42(44)48)52-38-40-64(54-24-8-6-22-46(52)54)66-61-31-15-11-27-57(61)58-28-12-16-32-62(58)66;1-3-11-29-25-31(21-19-27(29)9-1)33-15-7-17-38-36(33)16-8-18-39(38)40-24-23-34(35-13-5-6-14-37(35)40)32-22-20-28-10-2-4-12-30(28)26-32/h1-40H;1-26H. The Kier molecular flexibility index (Phi) is 14.3. The van der Waals surface area contributed by atoms with Crippen molar-refractivity contribution in [3.63, 3.8) is 0 Å². The highest BCUT2D eigenvalue weighted by Crippen LogP contribution is 2.48. The maximum absolute atomic E-state index is 2.44. The van der Waals surface area contributed by atoms with E-state index in [-0.39, 0.29) is 0 Å². The van der Waals surface area contributed by atoms with Crippen LogP contribution in [0, 0.1) is 0 Å². The molecule has 0 spiro atoms. The lowest BCUT2D eigenvalue weighted by molar-refractivity contribution is 1.20. The maximum atomic E-state index is 2.44. The Hall–Kier alpha value is -13.9. The zero-order valence-corrected chi connectivity index (χ0v) is 58.0. The third-order valence-corrected chi connectivity index (χ3v) is 22.4. The van der Waals surface area contributed by atoms with Crippen molar-refractivity contribution >= 4 is 130 Å². The first-order chi connectivity index (χ1) is 52.6. The van der Waals surface area contributed by atoms with E-state index in [0.29, 0.717) is 0 Å². The van der Waals surface area contributed by atoms with Crippen molar-refractivity contribution in [1.29, 1.82) is 0 Å². The molecule has 0 N–H and O–H groups in total. The van der Waals surface area contributed by atoms with Gasteiger partial charge in [-0.3, -0.25) is 0 Å². The number of nitrogens with zero attached hydrogens (tertiary/aromatic N) is 2. The average molecular weight is 1340 g/mol. The minimum Gasteiger partial charge on any atom is -0.309 e. The number of para-hydroxylation sites is 4. The molecule has 0 radical (unpaired) electrons. The van der Waals surface area contributed by atoms with E-state index in [1.165, 1.54) is 208 Å². The molecule has 2 nitrogen and oxygen atoms in total. The quantitative estimate of drug-likeness (QED) is 0.143. The summed E-state index contributed by atoms with van der Waals surface area (Å²) in [5.41, 5.74) is 22.2. The molecular weight excluding hydrogens is 1280 g/mol. The first-order valence-electron chi connectivity index (χ1n) is 36.7. The summed E-state index contributed by atoms with van der Waals surface area (Å²) in [5, 5.41) is 25.1. The first kappa shape index (κ1) is 60.8. The van der Waals surface area contributed by atoms with Crippen LogP contribution >= 0.6 is 0 Å². The van der Waals surface area contributed by atoms with Gasteiger partial charge in [-0.05, 0) is 191 Å². The normalized spacial score (nSPS) is 11.8. The van der Waals surface area contributed by atoms with E-state index in [1.807, 2.05) is 0 Å². The fourth-order valence-corrected chi connectivity index (χ4v) is 17.6. The van der Waals surface area contributed by atoms with E-state index in [0.717, 1.165) is 0 Å². The fourth-order valence-electron chi connectivity index (χ4n) is 17.6. The summed E-state index contributed by atoms with van der Waals surface area (Å²) >= 11 is 0. The van der Waals surface area contributed by atoms with E-state index in [9.17, 15) is 0 Å². The number of hydrogen-bond donors (Lipinski definition) is 0. The van der Waals surface area contributed by atoms with Gasteiger partial charge >= 0.3 is 0 Å². The second-order valence-electron chi connectivity index (χ2n) is 28.0. The Morgan fingerprint density at radius 1 is 0.123 bits per heavy atom. The lowest BCUT2D eigenvalue weighted by Crippen LogP contribution is -1.97. The van der Waals surface area contributed by atoms with Crippen LogP contribution in [0.15, 0.2) is 400 Å². The van der Waals surface area contributed by atoms with Crippen molar-refractivity contribution in [1.82, 2.24) is 9.13 Å². The second kappa shape index (κ2) is 25.0. The van der Waals surface area contributed by atoms with E-state index in [2.05, 4.69) is 410 Å². The molecule has 0 aliphatic heterocycles. The average Bonchev–Trinajstić information content (AvgIpc) is 1.70. The molecule has 0 fully saturated rings. The van der Waals surface area contributed by atoms with E-state index in [4.69, 9.17) is 0 Å². The third-order valence-electron chi connectivity index (χ3n) is 22.4. The molecular formula is C104H66N2. The number of aromatic nitrogens is 2. The molecule has 2 heterocycles. The lowest BCUT2D eigenvalue weighted by Gasteiger charge is -2.19. The van der Waals surface area contributed by atoms with Gasteiger partial charge in [0.1, 0.15) is 0 Å². The number of fused-ring (bicyclic) bond motifs is 14. The molecule has 0 saturated heterocycles. The monoisotopic (exact) mass is 1340 g/mol. The van der Waals surface area contributed by atoms with Crippen LogP contribution in [0.2, 0.25) is 0 Å². The van der Waals surface area contributed by atoms with Gasteiger partial charge in [0.25, 0.3) is 0 Å². The van der Waals surface area contributed by atoms with Gasteiger partial charge in [0.05, 0.1) is 33.4 Å². The summed E-state index contributed by atoms with van der Waals surface area (Å²) < 4.78 is 4.88. The maximum Gasteiger partial charge on any atom is 0.0541 e. The summed E-state index contributed by atoms with van der Waals surface area (Å²) in [7, 11) is 0. The van der Waals surface area contributed by atoms with Crippen molar-refractivity contribution in [2.45, 2.75) is 0 Å². The Balaban J connectivity index is 0.000000154. The second-order valence-corrected chi connectivity index (χ2v) is 28.0. The van der Waals surface area contributed by atoms with Crippen molar-refractivity contribution < 1.29 is 0 Å². The Morgan fingerprint density at radius 2 is 0.330 bits per heavy atom. The molecule has 0 aliphatic rings. The summed E-state index contributed by atoms with van der Waals surface area (Å²) in [5.74, 6) is 0. The molecule has 0 atom stereocenters. The van der Waals surface area contributed by atoms with Gasteiger partial charge < -0.3 is 9.13 Å².